The highest BCUT2D eigenvalue weighted by Gasteiger charge is 2.23. The number of hydrogen-bond acceptors (Lipinski definition) is 8. The maximum Gasteiger partial charge on any atom is 0.162 e. The SMILES string of the molecule is CNCC(O)COc1cccc(-c2nc(-c3cnc4n3CCNC4)cc(N(C)C3CCCCC3)n2)c1. The minimum absolute atomic E-state index is 0.219. The van der Waals surface area contributed by atoms with Crippen LogP contribution in [0.25, 0.3) is 22.8 Å². The summed E-state index contributed by atoms with van der Waals surface area (Å²) in [6, 6.07) is 10.4. The molecule has 3 aromatic rings. The van der Waals surface area contributed by atoms with Crippen LogP contribution in [0.4, 0.5) is 5.82 Å². The van der Waals surface area contributed by atoms with Gasteiger partial charge in [-0.25, -0.2) is 15.0 Å². The number of ether oxygens (including phenoxy) is 1. The molecule has 9 heteroatoms. The number of anilines is 1. The molecule has 1 aliphatic heterocycles. The van der Waals surface area contributed by atoms with E-state index in [1.54, 1.807) is 0 Å². The molecule has 1 saturated carbocycles. The highest BCUT2D eigenvalue weighted by molar-refractivity contribution is 5.67. The number of nitrogens with zero attached hydrogens (tertiary/aromatic N) is 5. The Labute approximate surface area is 212 Å². The molecule has 5 rings (SSSR count). The number of benzene rings is 1. The molecule has 0 bridgehead atoms. The number of fused-ring (bicyclic) bond motifs is 1. The van der Waals surface area contributed by atoms with Crippen LogP contribution in [0.5, 0.6) is 5.75 Å². The Balaban J connectivity index is 1.50. The molecular formula is C27H37N7O2. The zero-order valence-electron chi connectivity index (χ0n) is 21.3. The Morgan fingerprint density at radius 1 is 1.22 bits per heavy atom. The maximum atomic E-state index is 10.0. The third-order valence-corrected chi connectivity index (χ3v) is 7.17. The molecule has 1 aromatic carbocycles. The summed E-state index contributed by atoms with van der Waals surface area (Å²) in [5, 5.41) is 16.4. The lowest BCUT2D eigenvalue weighted by atomic mass is 9.94. The summed E-state index contributed by atoms with van der Waals surface area (Å²) < 4.78 is 8.11. The van der Waals surface area contributed by atoms with Crippen molar-refractivity contribution in [3.63, 3.8) is 0 Å². The molecule has 1 aliphatic carbocycles. The molecule has 1 atom stereocenters. The molecule has 0 spiro atoms. The van der Waals surface area contributed by atoms with E-state index >= 15 is 0 Å². The van der Waals surface area contributed by atoms with Crippen molar-refractivity contribution >= 4 is 5.82 Å². The van der Waals surface area contributed by atoms with E-state index in [1.807, 2.05) is 37.5 Å². The molecule has 0 radical (unpaired) electrons. The van der Waals surface area contributed by atoms with Crippen molar-refractivity contribution in [1.82, 2.24) is 30.2 Å². The summed E-state index contributed by atoms with van der Waals surface area (Å²) >= 11 is 0. The van der Waals surface area contributed by atoms with Gasteiger partial charge in [-0.3, -0.25) is 0 Å². The van der Waals surface area contributed by atoms with Crippen LogP contribution in [0.1, 0.15) is 37.9 Å². The van der Waals surface area contributed by atoms with Crippen LogP contribution in [0.15, 0.2) is 36.5 Å². The first-order chi connectivity index (χ1) is 17.6. The van der Waals surface area contributed by atoms with Crippen molar-refractivity contribution < 1.29 is 9.84 Å². The van der Waals surface area contributed by atoms with Gasteiger partial charge in [-0.15, -0.1) is 0 Å². The highest BCUT2D eigenvalue weighted by Crippen LogP contribution is 2.31. The number of nitrogens with one attached hydrogen (secondary N) is 2. The van der Waals surface area contributed by atoms with E-state index in [0.717, 1.165) is 48.2 Å². The molecular weight excluding hydrogens is 454 g/mol. The van der Waals surface area contributed by atoms with E-state index in [9.17, 15) is 5.11 Å². The molecule has 3 heterocycles. The largest absolute Gasteiger partial charge is 0.491 e. The fraction of sp³-hybridized carbons (Fsp3) is 0.519. The quantitative estimate of drug-likeness (QED) is 0.420. The van der Waals surface area contributed by atoms with Gasteiger partial charge in [0.1, 0.15) is 30.1 Å². The van der Waals surface area contributed by atoms with Crippen LogP contribution in [0.2, 0.25) is 0 Å². The van der Waals surface area contributed by atoms with E-state index in [-0.39, 0.29) is 6.61 Å². The van der Waals surface area contributed by atoms with Crippen molar-refractivity contribution in [1.29, 1.82) is 0 Å². The average molecular weight is 492 g/mol. The van der Waals surface area contributed by atoms with Crippen LogP contribution in [0.3, 0.4) is 0 Å². The summed E-state index contributed by atoms with van der Waals surface area (Å²) in [7, 11) is 3.97. The monoisotopic (exact) mass is 491 g/mol. The molecule has 2 aromatic heterocycles. The second kappa shape index (κ2) is 11.4. The maximum absolute atomic E-state index is 10.0. The van der Waals surface area contributed by atoms with Crippen LogP contribution in [-0.4, -0.2) is 70.6 Å². The molecule has 1 unspecified atom stereocenters. The summed E-state index contributed by atoms with van der Waals surface area (Å²) in [4.78, 5) is 17.0. The van der Waals surface area contributed by atoms with Gasteiger partial charge in [-0.05, 0) is 32.0 Å². The second-order valence-corrected chi connectivity index (χ2v) is 9.78. The van der Waals surface area contributed by atoms with Gasteiger partial charge in [0.15, 0.2) is 5.82 Å². The van der Waals surface area contributed by atoms with Gasteiger partial charge in [0.05, 0.1) is 24.1 Å². The minimum Gasteiger partial charge on any atom is -0.491 e. The molecule has 2 aliphatic rings. The minimum atomic E-state index is -0.573. The Kier molecular flexibility index (Phi) is 7.79. The molecule has 9 nitrogen and oxygen atoms in total. The Morgan fingerprint density at radius 2 is 2.08 bits per heavy atom. The molecule has 3 N–H and O–H groups in total. The van der Waals surface area contributed by atoms with E-state index in [2.05, 4.69) is 38.2 Å². The van der Waals surface area contributed by atoms with Gasteiger partial charge < -0.3 is 29.9 Å². The van der Waals surface area contributed by atoms with Crippen molar-refractivity contribution in [2.45, 2.75) is 57.3 Å². The topological polar surface area (TPSA) is 100 Å². The Morgan fingerprint density at radius 3 is 2.92 bits per heavy atom. The fourth-order valence-electron chi connectivity index (χ4n) is 5.14. The van der Waals surface area contributed by atoms with Gasteiger partial charge in [0, 0.05) is 44.4 Å². The smallest absolute Gasteiger partial charge is 0.162 e. The van der Waals surface area contributed by atoms with Crippen LogP contribution in [-0.2, 0) is 13.1 Å². The first-order valence-corrected chi connectivity index (χ1v) is 13.1. The van der Waals surface area contributed by atoms with Crippen molar-refractivity contribution in [2.24, 2.45) is 0 Å². The van der Waals surface area contributed by atoms with Gasteiger partial charge in [0.25, 0.3) is 0 Å². The number of aliphatic hydroxyl groups is 1. The number of aliphatic hydroxyl groups excluding tert-OH is 1. The standard InChI is InChI=1S/C27H37N7O2/c1-28-15-21(35)18-36-22-10-6-7-19(13-22)27-31-23(24-16-30-26-17-29-11-12-34(24)26)14-25(32-27)33(2)20-8-4-3-5-9-20/h6-7,10,13-14,16,20-21,28-29,35H,3-5,8-9,11-12,15,17-18H2,1-2H3. The van der Waals surface area contributed by atoms with E-state index in [4.69, 9.17) is 14.7 Å². The average Bonchev–Trinajstić information content (AvgIpc) is 3.36. The number of aromatic nitrogens is 4. The van der Waals surface area contributed by atoms with E-state index in [0.29, 0.717) is 24.2 Å². The molecule has 0 saturated heterocycles. The third kappa shape index (κ3) is 5.53. The summed E-state index contributed by atoms with van der Waals surface area (Å²) in [6.45, 7) is 3.26. The number of hydrogen-bond donors (Lipinski definition) is 3. The normalized spacial score (nSPS) is 17.0. The molecule has 1 fully saturated rings. The lowest BCUT2D eigenvalue weighted by Crippen LogP contribution is -2.34. The van der Waals surface area contributed by atoms with Gasteiger partial charge >= 0.3 is 0 Å². The lowest BCUT2D eigenvalue weighted by molar-refractivity contribution is 0.108. The fourth-order valence-corrected chi connectivity index (χ4v) is 5.14. The summed E-state index contributed by atoms with van der Waals surface area (Å²) in [5.41, 5.74) is 2.79. The van der Waals surface area contributed by atoms with Crippen LogP contribution < -0.4 is 20.3 Å². The zero-order valence-corrected chi connectivity index (χ0v) is 21.3. The Hall–Kier alpha value is -3.01. The molecule has 0 amide bonds. The van der Waals surface area contributed by atoms with Crippen LogP contribution in [0, 0.1) is 0 Å². The summed E-state index contributed by atoms with van der Waals surface area (Å²) in [5.74, 6) is 3.32. The second-order valence-electron chi connectivity index (χ2n) is 9.78. The number of likely N-dealkylation sites (N-methyl/N-ethyl adjacent to an activating group) is 1. The Bertz CT molecular complexity index is 1160. The van der Waals surface area contributed by atoms with Gasteiger partial charge in [-0.2, -0.15) is 0 Å². The number of rotatable bonds is 9. The van der Waals surface area contributed by atoms with Crippen molar-refractivity contribution in [2.75, 3.05) is 38.7 Å². The van der Waals surface area contributed by atoms with E-state index in [1.165, 1.54) is 32.1 Å². The first-order valence-electron chi connectivity index (χ1n) is 13.1. The predicted molar refractivity (Wildman–Crippen MR) is 141 cm³/mol. The third-order valence-electron chi connectivity index (χ3n) is 7.17. The lowest BCUT2D eigenvalue weighted by Gasteiger charge is -2.32. The van der Waals surface area contributed by atoms with Gasteiger partial charge in [-0.1, -0.05) is 31.4 Å². The van der Waals surface area contributed by atoms with Crippen molar-refractivity contribution in [3.8, 4) is 28.5 Å². The van der Waals surface area contributed by atoms with E-state index < -0.39 is 6.10 Å². The number of imidazole rings is 1. The molecule has 192 valence electrons. The van der Waals surface area contributed by atoms with Crippen molar-refractivity contribution in [3.05, 3.63) is 42.4 Å². The van der Waals surface area contributed by atoms with Gasteiger partial charge in [0.2, 0.25) is 0 Å². The molecule has 36 heavy (non-hydrogen) atoms. The first kappa shape index (κ1) is 24.7. The predicted octanol–water partition coefficient (Wildman–Crippen LogP) is 2.84. The van der Waals surface area contributed by atoms with Crippen LogP contribution >= 0.6 is 0 Å². The highest BCUT2D eigenvalue weighted by atomic mass is 16.5. The zero-order chi connectivity index (χ0) is 24.9. The summed E-state index contributed by atoms with van der Waals surface area (Å²) in [6.07, 6.45) is 7.59.